The predicted molar refractivity (Wildman–Crippen MR) is 144 cm³/mol. The summed E-state index contributed by atoms with van der Waals surface area (Å²) in [6.07, 6.45) is 4.30. The Hall–Kier alpha value is -4.37. The van der Waals surface area contributed by atoms with Crippen LogP contribution in [0.4, 0.5) is 15.8 Å². The predicted octanol–water partition coefficient (Wildman–Crippen LogP) is 4.46. The Labute approximate surface area is 219 Å². The molecule has 2 aromatic carbocycles. The molecule has 0 saturated carbocycles. The molecule has 4 aromatic rings. The van der Waals surface area contributed by atoms with E-state index in [4.69, 9.17) is 4.74 Å². The van der Waals surface area contributed by atoms with Crippen LogP contribution in [0.25, 0.3) is 22.5 Å². The molecule has 38 heavy (non-hydrogen) atoms. The van der Waals surface area contributed by atoms with Gasteiger partial charge in [0.15, 0.2) is 5.82 Å². The van der Waals surface area contributed by atoms with Crippen LogP contribution in [0.15, 0.2) is 67.0 Å². The Morgan fingerprint density at radius 3 is 2.79 bits per heavy atom. The molecule has 0 aliphatic carbocycles. The number of pyridine rings is 1. The number of benzene rings is 2. The van der Waals surface area contributed by atoms with Crippen molar-refractivity contribution in [3.8, 4) is 28.3 Å². The van der Waals surface area contributed by atoms with Crippen molar-refractivity contribution in [2.24, 2.45) is 0 Å². The minimum Gasteiger partial charge on any atom is -0.496 e. The second-order valence-corrected chi connectivity index (χ2v) is 9.55. The van der Waals surface area contributed by atoms with E-state index in [0.717, 1.165) is 42.0 Å². The van der Waals surface area contributed by atoms with Crippen molar-refractivity contribution in [1.29, 1.82) is 0 Å². The number of methoxy groups -OCH3 is 1. The first kappa shape index (κ1) is 24.0. The lowest BCUT2D eigenvalue weighted by Gasteiger charge is -2.31. The molecule has 9 heteroatoms. The molecule has 2 fully saturated rings. The van der Waals surface area contributed by atoms with Crippen LogP contribution < -0.4 is 20.3 Å². The van der Waals surface area contributed by atoms with Crippen LogP contribution >= 0.6 is 0 Å². The van der Waals surface area contributed by atoms with Crippen LogP contribution in [0.2, 0.25) is 0 Å². The zero-order valence-corrected chi connectivity index (χ0v) is 21.1. The molecule has 2 bridgehead atoms. The first-order chi connectivity index (χ1) is 18.5. The lowest BCUT2D eigenvalue weighted by molar-refractivity contribution is 0.102. The van der Waals surface area contributed by atoms with E-state index >= 15 is 0 Å². The SMILES string of the molecule is COc1cccc(F)c1-c1nccc(C(=O)Nc2ccc(-c3cccnc3C)cc2N2C[C@@H]3C[C@H]2CN3)n1. The zero-order valence-electron chi connectivity index (χ0n) is 21.1. The molecule has 4 heterocycles. The highest BCUT2D eigenvalue weighted by molar-refractivity contribution is 6.05. The van der Waals surface area contributed by atoms with E-state index in [-0.39, 0.29) is 17.1 Å². The lowest BCUT2D eigenvalue weighted by atomic mass is 10.0. The van der Waals surface area contributed by atoms with Gasteiger partial charge in [0.25, 0.3) is 5.91 Å². The fourth-order valence-corrected chi connectivity index (χ4v) is 5.37. The van der Waals surface area contributed by atoms with Gasteiger partial charge < -0.3 is 20.3 Å². The normalized spacial score (nSPS) is 18.0. The van der Waals surface area contributed by atoms with Crippen molar-refractivity contribution in [1.82, 2.24) is 20.3 Å². The summed E-state index contributed by atoms with van der Waals surface area (Å²) in [5.74, 6) is -0.553. The summed E-state index contributed by atoms with van der Waals surface area (Å²) in [6, 6.07) is 16.8. The molecule has 2 N–H and O–H groups in total. The highest BCUT2D eigenvalue weighted by Gasteiger charge is 2.38. The molecule has 2 atom stereocenters. The van der Waals surface area contributed by atoms with E-state index in [1.165, 1.54) is 25.4 Å². The molecule has 2 aromatic heterocycles. The van der Waals surface area contributed by atoms with Crippen LogP contribution in [0.3, 0.4) is 0 Å². The van der Waals surface area contributed by atoms with E-state index in [0.29, 0.717) is 23.5 Å². The molecule has 8 nitrogen and oxygen atoms in total. The van der Waals surface area contributed by atoms with Gasteiger partial charge in [-0.3, -0.25) is 9.78 Å². The van der Waals surface area contributed by atoms with Gasteiger partial charge >= 0.3 is 0 Å². The summed E-state index contributed by atoms with van der Waals surface area (Å²) in [5.41, 5.74) is 4.92. The quantitative estimate of drug-likeness (QED) is 0.396. The van der Waals surface area contributed by atoms with Gasteiger partial charge in [-0.2, -0.15) is 0 Å². The average Bonchev–Trinajstić information content (AvgIpc) is 3.58. The third kappa shape index (κ3) is 4.35. The summed E-state index contributed by atoms with van der Waals surface area (Å²) < 4.78 is 19.9. The Morgan fingerprint density at radius 2 is 2.03 bits per heavy atom. The summed E-state index contributed by atoms with van der Waals surface area (Å²) in [7, 11) is 1.45. The summed E-state index contributed by atoms with van der Waals surface area (Å²) in [4.78, 5) is 28.8. The van der Waals surface area contributed by atoms with E-state index in [1.54, 1.807) is 18.3 Å². The molecule has 192 valence electrons. The topological polar surface area (TPSA) is 92.3 Å². The van der Waals surface area contributed by atoms with Gasteiger partial charge in [-0.05, 0) is 55.3 Å². The number of ether oxygens (including phenoxy) is 1. The molecule has 6 rings (SSSR count). The van der Waals surface area contributed by atoms with Crippen molar-refractivity contribution < 1.29 is 13.9 Å². The van der Waals surface area contributed by atoms with Crippen LogP contribution in [0, 0.1) is 12.7 Å². The number of aryl methyl sites for hydroxylation is 1. The largest absolute Gasteiger partial charge is 0.496 e. The molecular weight excluding hydrogens is 483 g/mol. The second-order valence-electron chi connectivity index (χ2n) is 9.55. The minimum absolute atomic E-state index is 0.0816. The number of hydrogen-bond acceptors (Lipinski definition) is 7. The molecule has 1 amide bonds. The van der Waals surface area contributed by atoms with Crippen molar-refractivity contribution in [2.45, 2.75) is 25.4 Å². The fraction of sp³-hybridized carbons (Fsp3) is 0.241. The minimum atomic E-state index is -0.525. The van der Waals surface area contributed by atoms with E-state index in [9.17, 15) is 9.18 Å². The summed E-state index contributed by atoms with van der Waals surface area (Å²) in [6.45, 7) is 3.77. The number of piperazine rings is 1. The van der Waals surface area contributed by atoms with Gasteiger partial charge in [0, 0.05) is 48.8 Å². The van der Waals surface area contributed by atoms with E-state index in [1.807, 2.05) is 25.1 Å². The van der Waals surface area contributed by atoms with E-state index in [2.05, 4.69) is 42.6 Å². The molecular formula is C29H27FN6O2. The number of hydrogen-bond donors (Lipinski definition) is 2. The number of halogens is 1. The fourth-order valence-electron chi connectivity index (χ4n) is 5.37. The van der Waals surface area contributed by atoms with E-state index < -0.39 is 11.7 Å². The number of anilines is 2. The van der Waals surface area contributed by atoms with Crippen molar-refractivity contribution in [3.05, 3.63) is 84.2 Å². The number of nitrogens with zero attached hydrogens (tertiary/aromatic N) is 4. The van der Waals surface area contributed by atoms with Crippen LogP contribution in [0.5, 0.6) is 5.75 Å². The van der Waals surface area contributed by atoms with Gasteiger partial charge in [-0.15, -0.1) is 0 Å². The standard InChI is InChI=1S/C29H27FN6O2/c1-17-21(5-4-11-31-17)18-8-9-23(25(13-18)36-16-19-14-20(36)15-33-19)35-29(37)24-10-12-32-28(34-24)27-22(30)6-3-7-26(27)38-2/h3-13,19-20,33H,14-16H2,1-2H3,(H,35,37)/t19-,20-/m0/s1. The van der Waals surface area contributed by atoms with Crippen LogP contribution in [-0.2, 0) is 0 Å². The summed E-state index contributed by atoms with van der Waals surface area (Å²) in [5, 5.41) is 6.58. The second kappa shape index (κ2) is 9.83. The molecule has 0 radical (unpaired) electrons. The third-order valence-electron chi connectivity index (χ3n) is 7.24. The zero-order chi connectivity index (χ0) is 26.2. The number of rotatable bonds is 6. The van der Waals surface area contributed by atoms with Gasteiger partial charge in [0.05, 0.1) is 24.0 Å². The maximum Gasteiger partial charge on any atom is 0.274 e. The van der Waals surface area contributed by atoms with Gasteiger partial charge in [0.1, 0.15) is 17.3 Å². The average molecular weight is 511 g/mol. The van der Waals surface area contributed by atoms with Gasteiger partial charge in [-0.25, -0.2) is 14.4 Å². The maximum absolute atomic E-state index is 14.6. The van der Waals surface area contributed by atoms with Gasteiger partial charge in [-0.1, -0.05) is 18.2 Å². The van der Waals surface area contributed by atoms with Crippen molar-refractivity contribution in [3.63, 3.8) is 0 Å². The smallest absolute Gasteiger partial charge is 0.274 e. The van der Waals surface area contributed by atoms with Crippen molar-refractivity contribution >= 4 is 17.3 Å². The number of fused-ring (bicyclic) bond motifs is 2. The molecule has 2 saturated heterocycles. The third-order valence-corrected chi connectivity index (χ3v) is 7.24. The Bertz CT molecular complexity index is 1530. The molecule has 0 spiro atoms. The Kier molecular flexibility index (Phi) is 6.21. The number of carbonyl (C=O) groups excluding carboxylic acids is 1. The molecule has 2 aliphatic rings. The van der Waals surface area contributed by atoms with Crippen LogP contribution in [0.1, 0.15) is 22.6 Å². The number of amides is 1. The molecule has 0 unspecified atom stereocenters. The monoisotopic (exact) mass is 510 g/mol. The van der Waals surface area contributed by atoms with Crippen molar-refractivity contribution in [2.75, 3.05) is 30.4 Å². The maximum atomic E-state index is 14.6. The number of carbonyl (C=O) groups is 1. The molecule has 2 aliphatic heterocycles. The van der Waals surface area contributed by atoms with Gasteiger partial charge in [0.2, 0.25) is 0 Å². The number of aromatic nitrogens is 3. The highest BCUT2D eigenvalue weighted by Crippen LogP contribution is 2.38. The summed E-state index contributed by atoms with van der Waals surface area (Å²) >= 11 is 0. The lowest BCUT2D eigenvalue weighted by Crippen LogP contribution is -2.44. The van der Waals surface area contributed by atoms with Crippen LogP contribution in [-0.4, -0.2) is 53.1 Å². The number of nitrogens with one attached hydrogen (secondary N) is 2. The first-order valence-corrected chi connectivity index (χ1v) is 12.5. The highest BCUT2D eigenvalue weighted by atomic mass is 19.1. The Balaban J connectivity index is 1.35. The first-order valence-electron chi connectivity index (χ1n) is 12.5. The Morgan fingerprint density at radius 1 is 1.13 bits per heavy atom.